The molecule has 0 saturated carbocycles. The van der Waals surface area contributed by atoms with E-state index in [-0.39, 0.29) is 17.1 Å². The van der Waals surface area contributed by atoms with Gasteiger partial charge in [0.2, 0.25) is 5.89 Å². The largest absolute Gasteiger partial charge is 0.444 e. The first-order valence-electron chi connectivity index (χ1n) is 7.92. The first-order valence-corrected chi connectivity index (χ1v) is 9.72. The first kappa shape index (κ1) is 18.6. The number of benzene rings is 1. The lowest BCUT2D eigenvalue weighted by molar-refractivity contribution is 0.102. The number of hydrogen-bond acceptors (Lipinski definition) is 6. The van der Waals surface area contributed by atoms with Gasteiger partial charge in [0, 0.05) is 11.0 Å². The maximum absolute atomic E-state index is 12.9. The summed E-state index contributed by atoms with van der Waals surface area (Å²) in [5.41, 5.74) is 0.309. The van der Waals surface area contributed by atoms with E-state index in [1.54, 1.807) is 24.2 Å². The van der Waals surface area contributed by atoms with Crippen LogP contribution in [0.2, 0.25) is 0 Å². The van der Waals surface area contributed by atoms with Gasteiger partial charge in [-0.15, -0.1) is 11.8 Å². The molecule has 0 aliphatic heterocycles. The van der Waals surface area contributed by atoms with E-state index in [0.717, 1.165) is 9.97 Å². The van der Waals surface area contributed by atoms with Crippen LogP contribution in [0.15, 0.2) is 45.3 Å². The summed E-state index contributed by atoms with van der Waals surface area (Å²) in [5.74, 6) is 1.40. The predicted octanol–water partition coefficient (Wildman–Crippen LogP) is 5.11. The number of rotatable bonds is 5. The van der Waals surface area contributed by atoms with Crippen molar-refractivity contribution in [2.24, 2.45) is 0 Å². The van der Waals surface area contributed by atoms with Crippen LogP contribution in [0, 0.1) is 5.82 Å². The van der Waals surface area contributed by atoms with Crippen molar-refractivity contribution in [3.8, 4) is 0 Å². The van der Waals surface area contributed by atoms with Crippen LogP contribution < -0.4 is 5.32 Å². The highest BCUT2D eigenvalue weighted by atomic mass is 32.2. The Morgan fingerprint density at radius 3 is 2.62 bits per heavy atom. The van der Waals surface area contributed by atoms with Crippen molar-refractivity contribution >= 4 is 34.1 Å². The third-order valence-electron chi connectivity index (χ3n) is 3.44. The van der Waals surface area contributed by atoms with E-state index >= 15 is 0 Å². The van der Waals surface area contributed by atoms with Crippen molar-refractivity contribution in [3.63, 3.8) is 0 Å². The zero-order valence-electron chi connectivity index (χ0n) is 14.6. The lowest BCUT2D eigenvalue weighted by Gasteiger charge is -2.12. The number of aromatic nitrogens is 2. The molecule has 136 valence electrons. The van der Waals surface area contributed by atoms with Crippen LogP contribution in [0.5, 0.6) is 0 Å². The van der Waals surface area contributed by atoms with E-state index in [0.29, 0.717) is 22.3 Å². The van der Waals surface area contributed by atoms with Crippen LogP contribution in [0.1, 0.15) is 42.8 Å². The van der Waals surface area contributed by atoms with Crippen LogP contribution in [0.25, 0.3) is 0 Å². The minimum atomic E-state index is -0.379. The molecule has 0 aliphatic rings. The molecule has 26 heavy (non-hydrogen) atoms. The first-order chi connectivity index (χ1) is 12.3. The van der Waals surface area contributed by atoms with Crippen molar-refractivity contribution < 1.29 is 13.6 Å². The van der Waals surface area contributed by atoms with E-state index in [4.69, 9.17) is 4.42 Å². The van der Waals surface area contributed by atoms with Crippen LogP contribution in [0.4, 0.5) is 9.52 Å². The lowest BCUT2D eigenvalue weighted by Crippen LogP contribution is -2.11. The topological polar surface area (TPSA) is 68.0 Å². The second-order valence-corrected chi connectivity index (χ2v) is 8.91. The number of nitrogens with one attached hydrogen (secondary N) is 1. The van der Waals surface area contributed by atoms with Crippen molar-refractivity contribution in [1.82, 2.24) is 9.97 Å². The van der Waals surface area contributed by atoms with E-state index in [1.165, 1.54) is 35.6 Å². The average Bonchev–Trinajstić information content (AvgIpc) is 3.22. The second-order valence-electron chi connectivity index (χ2n) is 6.60. The van der Waals surface area contributed by atoms with E-state index in [1.807, 2.05) is 0 Å². The monoisotopic (exact) mass is 390 g/mol. The number of halogens is 1. The summed E-state index contributed by atoms with van der Waals surface area (Å²) < 4.78 is 19.6. The zero-order chi connectivity index (χ0) is 18.7. The van der Waals surface area contributed by atoms with Gasteiger partial charge in [0.25, 0.3) is 5.91 Å². The van der Waals surface area contributed by atoms with E-state index in [2.05, 4.69) is 36.1 Å². The summed E-state index contributed by atoms with van der Waals surface area (Å²) in [6, 6.07) is 5.37. The maximum Gasteiger partial charge on any atom is 0.257 e. The molecular weight excluding hydrogens is 372 g/mol. The molecule has 0 fully saturated rings. The minimum Gasteiger partial charge on any atom is -0.444 e. The Balaban J connectivity index is 1.57. The molecule has 3 rings (SSSR count). The molecule has 0 spiro atoms. The number of carbonyl (C=O) groups excluding carboxylic acids is 1. The second kappa shape index (κ2) is 7.59. The van der Waals surface area contributed by atoms with Crippen LogP contribution >= 0.6 is 23.1 Å². The normalized spacial score (nSPS) is 11.5. The molecule has 0 atom stereocenters. The van der Waals surface area contributed by atoms with E-state index in [9.17, 15) is 9.18 Å². The standard InChI is InChI=1S/C18H18FN3O2S2/c1-18(2,3)13-8-20-14(24-13)10-25-15-9-21-17(26-15)22-16(23)11-4-6-12(19)7-5-11/h4-9H,10H2,1-3H3,(H,21,22,23)/i19-1. The highest BCUT2D eigenvalue weighted by molar-refractivity contribution is 8.00. The molecule has 2 aromatic heterocycles. The quantitative estimate of drug-likeness (QED) is 0.613. The van der Waals surface area contributed by atoms with Gasteiger partial charge in [0.05, 0.1) is 22.4 Å². The molecule has 0 bridgehead atoms. The molecule has 0 unspecified atom stereocenters. The number of hydrogen-bond donors (Lipinski definition) is 1. The van der Waals surface area contributed by atoms with Crippen LogP contribution in [0.3, 0.4) is 0 Å². The molecule has 0 radical (unpaired) electrons. The fraction of sp³-hybridized carbons (Fsp3) is 0.278. The number of thioether (sulfide) groups is 1. The molecule has 0 aliphatic carbocycles. The molecule has 2 heterocycles. The fourth-order valence-corrected chi connectivity index (χ4v) is 3.73. The summed E-state index contributed by atoms with van der Waals surface area (Å²) in [6.45, 7) is 6.22. The average molecular weight is 390 g/mol. The third kappa shape index (κ3) is 4.70. The molecular formula is C18H18FN3O2S2. The van der Waals surface area contributed by atoms with Crippen molar-refractivity contribution in [3.05, 3.63) is 59.7 Å². The number of anilines is 1. The van der Waals surface area contributed by atoms with Crippen molar-refractivity contribution in [2.45, 2.75) is 36.1 Å². The Labute approximate surface area is 159 Å². The smallest absolute Gasteiger partial charge is 0.257 e. The maximum atomic E-state index is 12.9. The Hall–Kier alpha value is -2.19. The third-order valence-corrected chi connectivity index (χ3v) is 5.53. The summed E-state index contributed by atoms with van der Waals surface area (Å²) in [7, 11) is 0. The SMILES string of the molecule is CC(C)(C)c1cnc(CSc2cnc(NC(=O)c3ccc([18F])cc3)s2)o1. The van der Waals surface area contributed by atoms with Gasteiger partial charge in [-0.05, 0) is 24.3 Å². The van der Waals surface area contributed by atoms with Gasteiger partial charge in [-0.2, -0.15) is 0 Å². The zero-order valence-corrected chi connectivity index (χ0v) is 16.2. The molecule has 0 saturated heterocycles. The Bertz CT molecular complexity index is 898. The van der Waals surface area contributed by atoms with Gasteiger partial charge in [-0.1, -0.05) is 32.1 Å². The van der Waals surface area contributed by atoms with Gasteiger partial charge < -0.3 is 4.42 Å². The van der Waals surface area contributed by atoms with Gasteiger partial charge in [0.1, 0.15) is 11.6 Å². The van der Waals surface area contributed by atoms with Gasteiger partial charge in [0.15, 0.2) is 5.13 Å². The predicted molar refractivity (Wildman–Crippen MR) is 101 cm³/mol. The number of amides is 1. The molecule has 5 nitrogen and oxygen atoms in total. The van der Waals surface area contributed by atoms with Gasteiger partial charge in [-0.25, -0.2) is 14.4 Å². The molecule has 1 amide bonds. The minimum absolute atomic E-state index is 0.0712. The number of thiazole rings is 1. The Morgan fingerprint density at radius 2 is 1.96 bits per heavy atom. The van der Waals surface area contributed by atoms with Crippen LogP contribution in [-0.4, -0.2) is 15.9 Å². The Kier molecular flexibility index (Phi) is 5.43. The summed E-state index contributed by atoms with van der Waals surface area (Å²) in [6.07, 6.45) is 3.46. The molecule has 1 N–H and O–H groups in total. The molecule has 3 aromatic rings. The van der Waals surface area contributed by atoms with Gasteiger partial charge in [-0.3, -0.25) is 10.1 Å². The summed E-state index contributed by atoms with van der Waals surface area (Å²) in [4.78, 5) is 20.6. The highest BCUT2D eigenvalue weighted by Crippen LogP contribution is 2.31. The van der Waals surface area contributed by atoms with Crippen LogP contribution in [-0.2, 0) is 11.2 Å². The molecule has 8 heteroatoms. The number of nitrogens with zero attached hydrogens (tertiary/aromatic N) is 2. The summed E-state index contributed by atoms with van der Waals surface area (Å²) >= 11 is 2.91. The number of carbonyl (C=O) groups is 1. The van der Waals surface area contributed by atoms with Crippen molar-refractivity contribution in [2.75, 3.05) is 5.32 Å². The highest BCUT2D eigenvalue weighted by Gasteiger charge is 2.19. The Morgan fingerprint density at radius 1 is 1.23 bits per heavy atom. The molecule has 1 aromatic carbocycles. The van der Waals surface area contributed by atoms with Gasteiger partial charge >= 0.3 is 0 Å². The number of oxazole rings is 1. The van der Waals surface area contributed by atoms with E-state index < -0.39 is 0 Å². The lowest BCUT2D eigenvalue weighted by atomic mass is 9.94. The fourth-order valence-electron chi connectivity index (χ4n) is 2.01. The van der Waals surface area contributed by atoms with Crippen molar-refractivity contribution in [1.29, 1.82) is 0 Å². The summed E-state index contributed by atoms with van der Waals surface area (Å²) in [5, 5.41) is 3.20.